The van der Waals surface area contributed by atoms with Crippen LogP contribution in [0.4, 0.5) is 17.3 Å². The van der Waals surface area contributed by atoms with Crippen molar-refractivity contribution in [2.24, 2.45) is 4.99 Å². The molecular formula is C23H27N9O2. The number of morpholine rings is 1. The molecule has 11 heteroatoms. The number of nitrogen functional groups attached to an aromatic ring is 2. The zero-order chi connectivity index (χ0) is 24.2. The molecule has 11 nitrogen and oxygen atoms in total. The number of ether oxygens (including phenoxy) is 2. The highest BCUT2D eigenvalue weighted by Crippen LogP contribution is 2.40. The van der Waals surface area contributed by atoms with Gasteiger partial charge in [-0.1, -0.05) is 12.1 Å². The quantitative estimate of drug-likeness (QED) is 0.378. The van der Waals surface area contributed by atoms with Crippen LogP contribution in [0.3, 0.4) is 0 Å². The van der Waals surface area contributed by atoms with Gasteiger partial charge in [0.2, 0.25) is 5.96 Å². The van der Waals surface area contributed by atoms with Crippen LogP contribution in [-0.2, 0) is 4.74 Å². The number of nitrogens with one attached hydrogen (secondary N) is 2. The Bertz CT molecular complexity index is 1160. The van der Waals surface area contributed by atoms with Gasteiger partial charge < -0.3 is 26.3 Å². The van der Waals surface area contributed by atoms with Crippen LogP contribution in [0.25, 0.3) is 0 Å². The third-order valence-corrected chi connectivity index (χ3v) is 5.72. The first-order valence-electron chi connectivity index (χ1n) is 11.0. The van der Waals surface area contributed by atoms with Gasteiger partial charge >= 0.3 is 0 Å². The number of nitriles is 2. The lowest BCUT2D eigenvalue weighted by Crippen LogP contribution is -2.46. The molecule has 1 aromatic heterocycles. The van der Waals surface area contributed by atoms with Gasteiger partial charge in [-0.3, -0.25) is 10.2 Å². The predicted molar refractivity (Wildman–Crippen MR) is 128 cm³/mol. The third-order valence-electron chi connectivity index (χ3n) is 5.72. The zero-order valence-electron chi connectivity index (χ0n) is 19.1. The molecule has 176 valence electrons. The summed E-state index contributed by atoms with van der Waals surface area (Å²) in [5, 5.41) is 23.9. The first-order chi connectivity index (χ1) is 16.4. The van der Waals surface area contributed by atoms with Crippen molar-refractivity contribution < 1.29 is 9.47 Å². The van der Waals surface area contributed by atoms with Crippen LogP contribution >= 0.6 is 0 Å². The SMILES string of the molecule is CC1CN(CCOc2ccc(C3N=C(NC#N)Nc4nc(N)c(C#N)c(N)c43)cc2)CC(C)O1. The molecule has 0 radical (unpaired) electrons. The molecule has 3 atom stereocenters. The summed E-state index contributed by atoms with van der Waals surface area (Å²) < 4.78 is 11.7. The van der Waals surface area contributed by atoms with Gasteiger partial charge in [-0.05, 0) is 31.5 Å². The van der Waals surface area contributed by atoms with E-state index in [1.807, 2.05) is 36.5 Å². The second-order valence-corrected chi connectivity index (χ2v) is 8.34. The van der Waals surface area contributed by atoms with Gasteiger partial charge in [-0.2, -0.15) is 10.5 Å². The minimum absolute atomic E-state index is 0.0102. The zero-order valence-corrected chi connectivity index (χ0v) is 19.1. The number of fused-ring (bicyclic) bond motifs is 1. The van der Waals surface area contributed by atoms with E-state index in [1.165, 1.54) is 0 Å². The smallest absolute Gasteiger partial charge is 0.211 e. The van der Waals surface area contributed by atoms with E-state index in [2.05, 4.69) is 39.4 Å². The Labute approximate surface area is 198 Å². The van der Waals surface area contributed by atoms with Crippen molar-refractivity contribution in [1.29, 1.82) is 10.5 Å². The van der Waals surface area contributed by atoms with Crippen LogP contribution in [0.5, 0.6) is 5.75 Å². The minimum Gasteiger partial charge on any atom is -0.492 e. The highest BCUT2D eigenvalue weighted by molar-refractivity contribution is 5.98. The van der Waals surface area contributed by atoms with Gasteiger partial charge in [-0.25, -0.2) is 9.98 Å². The van der Waals surface area contributed by atoms with E-state index in [-0.39, 0.29) is 35.2 Å². The van der Waals surface area contributed by atoms with Crippen LogP contribution in [0, 0.1) is 22.8 Å². The number of nitrogens with two attached hydrogens (primary N) is 2. The summed E-state index contributed by atoms with van der Waals surface area (Å²) in [5.74, 6) is 1.30. The average Bonchev–Trinajstić information content (AvgIpc) is 2.79. The van der Waals surface area contributed by atoms with Gasteiger partial charge in [0, 0.05) is 25.2 Å². The summed E-state index contributed by atoms with van der Waals surface area (Å²) in [6.45, 7) is 7.32. The molecular weight excluding hydrogens is 434 g/mol. The highest BCUT2D eigenvalue weighted by atomic mass is 16.5. The van der Waals surface area contributed by atoms with Crippen molar-refractivity contribution in [3.05, 3.63) is 41.0 Å². The second-order valence-electron chi connectivity index (χ2n) is 8.34. The number of anilines is 3. The lowest BCUT2D eigenvalue weighted by Gasteiger charge is -2.35. The fourth-order valence-electron chi connectivity index (χ4n) is 4.33. The molecule has 3 heterocycles. The average molecular weight is 462 g/mol. The topological polar surface area (TPSA) is 171 Å². The molecule has 3 unspecified atom stereocenters. The maximum absolute atomic E-state index is 9.45. The monoisotopic (exact) mass is 461 g/mol. The molecule has 34 heavy (non-hydrogen) atoms. The van der Waals surface area contributed by atoms with E-state index in [0.717, 1.165) is 30.9 Å². The fraction of sp³-hybridized carbons (Fsp3) is 0.391. The molecule has 0 aliphatic carbocycles. The Kier molecular flexibility index (Phi) is 6.68. The van der Waals surface area contributed by atoms with Gasteiger partial charge in [0.1, 0.15) is 41.7 Å². The molecule has 0 spiro atoms. The molecule has 1 saturated heterocycles. The van der Waals surface area contributed by atoms with Gasteiger partial charge in [0.25, 0.3) is 0 Å². The molecule has 1 aromatic carbocycles. The number of aliphatic imine (C=N–C) groups is 1. The Hall–Kier alpha value is -4.06. The molecule has 0 amide bonds. The van der Waals surface area contributed by atoms with Crippen molar-refractivity contribution in [3.63, 3.8) is 0 Å². The molecule has 2 aromatic rings. The molecule has 2 aliphatic rings. The van der Waals surface area contributed by atoms with E-state index in [9.17, 15) is 5.26 Å². The summed E-state index contributed by atoms with van der Waals surface area (Å²) in [5.41, 5.74) is 13.8. The van der Waals surface area contributed by atoms with Crippen LogP contribution in [0.15, 0.2) is 29.3 Å². The molecule has 2 aliphatic heterocycles. The third kappa shape index (κ3) is 4.81. The van der Waals surface area contributed by atoms with E-state index < -0.39 is 6.04 Å². The Morgan fingerprint density at radius 1 is 1.21 bits per heavy atom. The van der Waals surface area contributed by atoms with Crippen LogP contribution < -0.4 is 26.8 Å². The van der Waals surface area contributed by atoms with Crippen molar-refractivity contribution in [2.75, 3.05) is 43.0 Å². The molecule has 1 fully saturated rings. The van der Waals surface area contributed by atoms with E-state index in [1.54, 1.807) is 0 Å². The number of hydrogen-bond donors (Lipinski definition) is 4. The van der Waals surface area contributed by atoms with E-state index >= 15 is 0 Å². The van der Waals surface area contributed by atoms with Crippen molar-refractivity contribution in [3.8, 4) is 18.0 Å². The Balaban J connectivity index is 1.51. The first-order valence-corrected chi connectivity index (χ1v) is 11.0. The summed E-state index contributed by atoms with van der Waals surface area (Å²) in [6, 6.07) is 8.89. The van der Waals surface area contributed by atoms with Crippen molar-refractivity contribution >= 4 is 23.3 Å². The van der Waals surface area contributed by atoms with E-state index in [0.29, 0.717) is 18.0 Å². The number of rotatable bonds is 5. The number of pyridine rings is 1. The lowest BCUT2D eigenvalue weighted by molar-refractivity contribution is -0.0699. The summed E-state index contributed by atoms with van der Waals surface area (Å²) in [7, 11) is 0. The number of hydrogen-bond acceptors (Lipinski definition) is 11. The lowest BCUT2D eigenvalue weighted by atomic mass is 9.95. The second kappa shape index (κ2) is 9.83. The van der Waals surface area contributed by atoms with Crippen molar-refractivity contribution in [1.82, 2.24) is 15.2 Å². The molecule has 0 saturated carbocycles. The first kappa shape index (κ1) is 23.1. The van der Waals surface area contributed by atoms with Gasteiger partial charge in [-0.15, -0.1) is 0 Å². The van der Waals surface area contributed by atoms with E-state index in [4.69, 9.17) is 26.2 Å². The minimum atomic E-state index is -0.585. The van der Waals surface area contributed by atoms with Crippen LogP contribution in [0.1, 0.15) is 36.6 Å². The van der Waals surface area contributed by atoms with Gasteiger partial charge in [0.05, 0.1) is 17.9 Å². The number of aromatic nitrogens is 1. The van der Waals surface area contributed by atoms with Crippen LogP contribution in [-0.4, -0.2) is 54.3 Å². The fourth-order valence-corrected chi connectivity index (χ4v) is 4.33. The Morgan fingerprint density at radius 3 is 2.56 bits per heavy atom. The number of benzene rings is 1. The molecule has 4 rings (SSSR count). The van der Waals surface area contributed by atoms with Gasteiger partial charge in [0.15, 0.2) is 6.19 Å². The molecule has 6 N–H and O–H groups in total. The normalized spacial score (nSPS) is 21.9. The summed E-state index contributed by atoms with van der Waals surface area (Å²) >= 11 is 0. The Morgan fingerprint density at radius 2 is 1.91 bits per heavy atom. The van der Waals surface area contributed by atoms with Crippen molar-refractivity contribution in [2.45, 2.75) is 32.1 Å². The molecule has 0 bridgehead atoms. The highest BCUT2D eigenvalue weighted by Gasteiger charge is 2.29. The largest absolute Gasteiger partial charge is 0.492 e. The number of nitrogens with zero attached hydrogens (tertiary/aromatic N) is 5. The maximum atomic E-state index is 9.45. The standard InChI is InChI=1S/C23H27N9O2/c1-13-10-32(11-14(2)34-13)7-8-33-16-5-3-15(4-6-16)20-18-19(26)17(9-24)21(27)30-22(18)31-23(29-20)28-12-25/h3-6,13-14,20H,7-8,10-11H2,1-2H3,(H6,26,27,28,29,30,31). The maximum Gasteiger partial charge on any atom is 0.211 e. The number of guanidine groups is 1. The summed E-state index contributed by atoms with van der Waals surface area (Å²) in [4.78, 5) is 11.2. The predicted octanol–water partition coefficient (Wildman–Crippen LogP) is 1.55. The van der Waals surface area contributed by atoms with Crippen LogP contribution in [0.2, 0.25) is 0 Å². The summed E-state index contributed by atoms with van der Waals surface area (Å²) in [6.07, 6.45) is 2.28.